The SMILES string of the molecule is CC(Nc1nc(C(=O)N2CC[C@@H](O)C2)c2sccc2n1)c1cncc(F)c1. The third-order valence-electron chi connectivity index (χ3n) is 4.53. The van der Waals surface area contributed by atoms with E-state index in [1.54, 1.807) is 11.1 Å². The van der Waals surface area contributed by atoms with E-state index in [4.69, 9.17) is 0 Å². The van der Waals surface area contributed by atoms with Crippen molar-refractivity contribution >= 4 is 33.4 Å². The molecule has 4 rings (SSSR count). The number of carbonyl (C=O) groups is 1. The van der Waals surface area contributed by atoms with Gasteiger partial charge in [0.1, 0.15) is 5.82 Å². The van der Waals surface area contributed by atoms with Gasteiger partial charge in [0.05, 0.1) is 28.6 Å². The van der Waals surface area contributed by atoms with Crippen LogP contribution in [-0.4, -0.2) is 50.1 Å². The number of rotatable bonds is 4. The fraction of sp³-hybridized carbons (Fsp3) is 0.333. The fourth-order valence-corrected chi connectivity index (χ4v) is 3.90. The summed E-state index contributed by atoms with van der Waals surface area (Å²) in [5.74, 6) is -0.343. The first-order valence-electron chi connectivity index (χ1n) is 8.61. The Kier molecular flexibility index (Phi) is 4.71. The molecule has 0 aromatic carbocycles. The van der Waals surface area contributed by atoms with Crippen LogP contribution in [0.2, 0.25) is 0 Å². The zero-order chi connectivity index (χ0) is 19.0. The lowest BCUT2D eigenvalue weighted by atomic mass is 10.1. The second kappa shape index (κ2) is 7.16. The van der Waals surface area contributed by atoms with Gasteiger partial charge in [-0.15, -0.1) is 11.3 Å². The number of nitrogens with zero attached hydrogens (tertiary/aromatic N) is 4. The van der Waals surface area contributed by atoms with Gasteiger partial charge in [0.2, 0.25) is 5.95 Å². The van der Waals surface area contributed by atoms with E-state index < -0.39 is 11.9 Å². The van der Waals surface area contributed by atoms with Crippen LogP contribution in [-0.2, 0) is 0 Å². The molecule has 1 aliphatic heterocycles. The number of hydrogen-bond donors (Lipinski definition) is 2. The smallest absolute Gasteiger partial charge is 0.274 e. The Morgan fingerprint density at radius 2 is 2.30 bits per heavy atom. The Morgan fingerprint density at radius 3 is 3.04 bits per heavy atom. The number of fused-ring (bicyclic) bond motifs is 1. The van der Waals surface area contributed by atoms with Crippen LogP contribution in [0.5, 0.6) is 0 Å². The highest BCUT2D eigenvalue weighted by molar-refractivity contribution is 7.17. The lowest BCUT2D eigenvalue weighted by Crippen LogP contribution is -2.30. The van der Waals surface area contributed by atoms with E-state index in [2.05, 4.69) is 20.3 Å². The minimum absolute atomic E-state index is 0.218. The van der Waals surface area contributed by atoms with Crippen LogP contribution in [0.15, 0.2) is 29.9 Å². The summed E-state index contributed by atoms with van der Waals surface area (Å²) in [5, 5.41) is 14.7. The van der Waals surface area contributed by atoms with Gasteiger partial charge in [-0.25, -0.2) is 14.4 Å². The van der Waals surface area contributed by atoms with Crippen molar-refractivity contribution in [3.8, 4) is 0 Å². The normalized spacial score (nSPS) is 18.0. The van der Waals surface area contributed by atoms with Crippen molar-refractivity contribution in [2.75, 3.05) is 18.4 Å². The molecule has 140 valence electrons. The summed E-state index contributed by atoms with van der Waals surface area (Å²) in [6.07, 6.45) is 2.79. The molecule has 0 spiro atoms. The van der Waals surface area contributed by atoms with Crippen LogP contribution in [0.25, 0.3) is 10.2 Å². The lowest BCUT2D eigenvalue weighted by Gasteiger charge is -2.17. The Bertz CT molecular complexity index is 995. The maximum absolute atomic E-state index is 13.4. The first kappa shape index (κ1) is 17.7. The Balaban J connectivity index is 1.65. The van der Waals surface area contributed by atoms with Crippen LogP contribution in [0, 0.1) is 5.82 Å². The number of hydrogen-bond acceptors (Lipinski definition) is 7. The zero-order valence-corrected chi connectivity index (χ0v) is 15.4. The van der Waals surface area contributed by atoms with Crippen LogP contribution in [0.1, 0.15) is 35.4 Å². The average Bonchev–Trinajstić information content (AvgIpc) is 3.29. The second-order valence-corrected chi connectivity index (χ2v) is 7.44. The molecule has 2 N–H and O–H groups in total. The number of likely N-dealkylation sites (tertiary alicyclic amines) is 1. The zero-order valence-electron chi connectivity index (χ0n) is 14.6. The highest BCUT2D eigenvalue weighted by Gasteiger charge is 2.28. The number of carbonyl (C=O) groups excluding carboxylic acids is 1. The molecule has 3 aromatic heterocycles. The highest BCUT2D eigenvalue weighted by atomic mass is 32.1. The molecule has 1 amide bonds. The number of halogens is 1. The molecule has 1 fully saturated rings. The molecule has 1 aliphatic rings. The van der Waals surface area contributed by atoms with Gasteiger partial charge in [-0.1, -0.05) is 0 Å². The molecule has 4 heterocycles. The molecule has 0 saturated carbocycles. The molecule has 2 atom stereocenters. The van der Waals surface area contributed by atoms with Crippen molar-refractivity contribution < 1.29 is 14.3 Å². The third kappa shape index (κ3) is 3.60. The molecule has 0 aliphatic carbocycles. The molecule has 7 nitrogen and oxygen atoms in total. The van der Waals surface area contributed by atoms with E-state index in [-0.39, 0.29) is 11.9 Å². The molecular formula is C18H18FN5O2S. The first-order valence-corrected chi connectivity index (χ1v) is 9.49. The molecule has 9 heteroatoms. The van der Waals surface area contributed by atoms with E-state index >= 15 is 0 Å². The van der Waals surface area contributed by atoms with Crippen molar-refractivity contribution in [2.45, 2.75) is 25.5 Å². The molecule has 27 heavy (non-hydrogen) atoms. The number of aromatic nitrogens is 3. The number of aliphatic hydroxyl groups excluding tert-OH is 1. The fourth-order valence-electron chi connectivity index (χ4n) is 3.09. The van der Waals surface area contributed by atoms with E-state index in [0.717, 1.165) is 6.20 Å². The van der Waals surface area contributed by atoms with Crippen LogP contribution in [0.3, 0.4) is 0 Å². The largest absolute Gasteiger partial charge is 0.391 e. The van der Waals surface area contributed by atoms with Gasteiger partial charge in [0, 0.05) is 19.3 Å². The van der Waals surface area contributed by atoms with Crippen molar-refractivity contribution in [3.63, 3.8) is 0 Å². The highest BCUT2D eigenvalue weighted by Crippen LogP contribution is 2.27. The Labute approximate surface area is 158 Å². The number of nitrogens with one attached hydrogen (secondary N) is 1. The number of amides is 1. The molecule has 0 radical (unpaired) electrons. The van der Waals surface area contributed by atoms with E-state index in [1.807, 2.05) is 18.4 Å². The minimum Gasteiger partial charge on any atom is -0.391 e. The maximum Gasteiger partial charge on any atom is 0.274 e. The summed E-state index contributed by atoms with van der Waals surface area (Å²) in [4.78, 5) is 27.3. The van der Waals surface area contributed by atoms with E-state index in [1.165, 1.54) is 17.4 Å². The van der Waals surface area contributed by atoms with E-state index in [0.29, 0.717) is 46.9 Å². The average molecular weight is 387 g/mol. The number of aliphatic hydroxyl groups is 1. The predicted molar refractivity (Wildman–Crippen MR) is 100 cm³/mol. The molecule has 0 bridgehead atoms. The van der Waals surface area contributed by atoms with Gasteiger partial charge in [-0.2, -0.15) is 0 Å². The molecule has 1 unspecified atom stereocenters. The van der Waals surface area contributed by atoms with Crippen molar-refractivity contribution in [3.05, 3.63) is 47.0 Å². The van der Waals surface area contributed by atoms with Gasteiger partial charge in [0.25, 0.3) is 5.91 Å². The van der Waals surface area contributed by atoms with Gasteiger partial charge in [-0.3, -0.25) is 9.78 Å². The van der Waals surface area contributed by atoms with Gasteiger partial charge < -0.3 is 15.3 Å². The van der Waals surface area contributed by atoms with Gasteiger partial charge >= 0.3 is 0 Å². The molecular weight excluding hydrogens is 369 g/mol. The summed E-state index contributed by atoms with van der Waals surface area (Å²) in [6, 6.07) is 2.93. The van der Waals surface area contributed by atoms with Crippen molar-refractivity contribution in [2.24, 2.45) is 0 Å². The lowest BCUT2D eigenvalue weighted by molar-refractivity contribution is 0.0761. The number of thiophene rings is 1. The number of anilines is 1. The maximum atomic E-state index is 13.4. The van der Waals surface area contributed by atoms with Crippen LogP contribution < -0.4 is 5.32 Å². The predicted octanol–water partition coefficient (Wildman–Crippen LogP) is 2.61. The summed E-state index contributed by atoms with van der Waals surface area (Å²) >= 11 is 1.41. The number of β-amino-alcohol motifs (C(OH)–C–C–N with tert-alkyl or cyclic N) is 1. The van der Waals surface area contributed by atoms with Gasteiger partial charge in [0.15, 0.2) is 5.69 Å². The van der Waals surface area contributed by atoms with Crippen molar-refractivity contribution in [1.29, 1.82) is 0 Å². The second-order valence-electron chi connectivity index (χ2n) is 6.53. The minimum atomic E-state index is -0.493. The van der Waals surface area contributed by atoms with Gasteiger partial charge in [-0.05, 0) is 36.4 Å². The van der Waals surface area contributed by atoms with Crippen molar-refractivity contribution in [1.82, 2.24) is 19.9 Å². The first-order chi connectivity index (χ1) is 13.0. The Hall–Kier alpha value is -2.65. The summed E-state index contributed by atoms with van der Waals surface area (Å²) < 4.78 is 14.1. The topological polar surface area (TPSA) is 91.2 Å². The Morgan fingerprint density at radius 1 is 1.44 bits per heavy atom. The molecule has 1 saturated heterocycles. The van der Waals surface area contributed by atoms with E-state index in [9.17, 15) is 14.3 Å². The monoisotopic (exact) mass is 387 g/mol. The summed E-state index contributed by atoms with van der Waals surface area (Å²) in [5.41, 5.74) is 1.64. The van der Waals surface area contributed by atoms with Crippen LogP contribution >= 0.6 is 11.3 Å². The summed E-state index contributed by atoms with van der Waals surface area (Å²) in [7, 11) is 0. The summed E-state index contributed by atoms with van der Waals surface area (Å²) in [6.45, 7) is 2.66. The quantitative estimate of drug-likeness (QED) is 0.715. The molecule has 3 aromatic rings. The van der Waals surface area contributed by atoms with Crippen LogP contribution in [0.4, 0.5) is 10.3 Å². The third-order valence-corrected chi connectivity index (χ3v) is 5.44. The number of pyridine rings is 1. The standard InChI is InChI=1S/C18H18FN5O2S/c1-10(11-6-12(19)8-20-7-11)21-18-22-14-3-5-27-16(14)15(23-18)17(26)24-4-2-13(25)9-24/h3,5-8,10,13,25H,2,4,9H2,1H3,(H,21,22,23)/t10?,13-/m1/s1.